The summed E-state index contributed by atoms with van der Waals surface area (Å²) in [6.07, 6.45) is 1.10. The van der Waals surface area contributed by atoms with Gasteiger partial charge in [-0.2, -0.15) is 0 Å². The molecule has 0 heterocycles. The Balaban J connectivity index is 2.34. The van der Waals surface area contributed by atoms with Crippen LogP contribution in [-0.4, -0.2) is 0 Å². The molecular weight excluding hydrogens is 158 g/mol. The fraction of sp³-hybridized carbons (Fsp3) is 0.500. The predicted octanol–water partition coefficient (Wildman–Crippen LogP) is 2.58. The third kappa shape index (κ3) is 1.19. The summed E-state index contributed by atoms with van der Waals surface area (Å²) in [5, 5.41) is 0. The first kappa shape index (κ1) is 8.76. The summed E-state index contributed by atoms with van der Waals surface area (Å²) < 4.78 is 0. The number of nitrogens with two attached hydrogens (primary N) is 1. The summed E-state index contributed by atoms with van der Waals surface area (Å²) in [4.78, 5) is 0. The minimum atomic E-state index is -0.0687. The quantitative estimate of drug-likeness (QED) is 0.697. The van der Waals surface area contributed by atoms with Gasteiger partial charge in [0.05, 0.1) is 0 Å². The Hall–Kier alpha value is -0.820. The van der Waals surface area contributed by atoms with Gasteiger partial charge in [-0.15, -0.1) is 0 Å². The largest absolute Gasteiger partial charge is 0.321 e. The van der Waals surface area contributed by atoms with Crippen molar-refractivity contribution in [2.24, 2.45) is 11.1 Å². The van der Waals surface area contributed by atoms with Crippen molar-refractivity contribution in [1.82, 2.24) is 0 Å². The van der Waals surface area contributed by atoms with Crippen LogP contribution in [0.4, 0.5) is 0 Å². The Kier molecular flexibility index (Phi) is 1.59. The number of hydrogen-bond acceptors (Lipinski definition) is 1. The molecule has 1 saturated carbocycles. The molecule has 0 amide bonds. The molecule has 1 heteroatoms. The van der Waals surface area contributed by atoms with E-state index in [0.29, 0.717) is 0 Å². The molecule has 0 aromatic heterocycles. The molecule has 0 radical (unpaired) electrons. The Morgan fingerprint density at radius 1 is 1.15 bits per heavy atom. The van der Waals surface area contributed by atoms with E-state index in [-0.39, 0.29) is 11.0 Å². The van der Waals surface area contributed by atoms with Crippen molar-refractivity contribution < 1.29 is 0 Å². The molecule has 1 atom stereocenters. The molecule has 2 rings (SSSR count). The zero-order valence-electron chi connectivity index (χ0n) is 8.59. The van der Waals surface area contributed by atoms with Gasteiger partial charge in [0, 0.05) is 5.54 Å². The topological polar surface area (TPSA) is 26.0 Å². The van der Waals surface area contributed by atoms with Gasteiger partial charge in [0.1, 0.15) is 0 Å². The van der Waals surface area contributed by atoms with Gasteiger partial charge in [0.15, 0.2) is 0 Å². The standard InChI is InChI=1S/C12H17N/c1-9-4-6-10(7-5-9)12(13)8-11(12,2)3/h4-7H,8,13H2,1-3H3. The SMILES string of the molecule is Cc1ccc(C2(N)CC2(C)C)cc1. The lowest BCUT2D eigenvalue weighted by molar-refractivity contribution is 0.510. The second-order valence-corrected chi connectivity index (χ2v) is 4.90. The van der Waals surface area contributed by atoms with Crippen LogP contribution in [0.25, 0.3) is 0 Å². The molecule has 0 aliphatic heterocycles. The molecule has 1 aliphatic rings. The van der Waals surface area contributed by atoms with Crippen LogP contribution in [0.5, 0.6) is 0 Å². The number of rotatable bonds is 1. The third-order valence-electron chi connectivity index (χ3n) is 3.37. The van der Waals surface area contributed by atoms with Crippen molar-refractivity contribution in [2.45, 2.75) is 32.7 Å². The van der Waals surface area contributed by atoms with Crippen LogP contribution < -0.4 is 5.73 Å². The molecule has 70 valence electrons. The molecular formula is C12H17N. The van der Waals surface area contributed by atoms with Gasteiger partial charge in [0.2, 0.25) is 0 Å². The van der Waals surface area contributed by atoms with Crippen LogP contribution in [0, 0.1) is 12.3 Å². The normalized spacial score (nSPS) is 30.2. The first-order valence-electron chi connectivity index (χ1n) is 4.82. The zero-order chi connectivity index (χ0) is 9.69. The van der Waals surface area contributed by atoms with E-state index in [0.717, 1.165) is 6.42 Å². The van der Waals surface area contributed by atoms with Crippen molar-refractivity contribution in [2.75, 3.05) is 0 Å². The van der Waals surface area contributed by atoms with Gasteiger partial charge in [-0.1, -0.05) is 43.7 Å². The average molecular weight is 175 g/mol. The van der Waals surface area contributed by atoms with E-state index in [1.54, 1.807) is 0 Å². The fourth-order valence-electron chi connectivity index (χ4n) is 2.00. The highest BCUT2D eigenvalue weighted by Crippen LogP contribution is 2.60. The van der Waals surface area contributed by atoms with E-state index in [1.165, 1.54) is 11.1 Å². The van der Waals surface area contributed by atoms with Gasteiger partial charge in [-0.3, -0.25) is 0 Å². The Morgan fingerprint density at radius 3 is 2.00 bits per heavy atom. The monoisotopic (exact) mass is 175 g/mol. The molecule has 1 fully saturated rings. The van der Waals surface area contributed by atoms with Gasteiger partial charge in [-0.05, 0) is 24.3 Å². The first-order valence-corrected chi connectivity index (χ1v) is 4.82. The summed E-state index contributed by atoms with van der Waals surface area (Å²) in [5.74, 6) is 0. The molecule has 1 aromatic carbocycles. The lowest BCUT2D eigenvalue weighted by Gasteiger charge is -2.15. The van der Waals surface area contributed by atoms with E-state index in [9.17, 15) is 0 Å². The first-order chi connectivity index (χ1) is 5.96. The minimum Gasteiger partial charge on any atom is -0.321 e. The molecule has 0 bridgehead atoms. The lowest BCUT2D eigenvalue weighted by atomic mass is 9.96. The van der Waals surface area contributed by atoms with Crippen LogP contribution >= 0.6 is 0 Å². The highest BCUT2D eigenvalue weighted by atomic mass is 14.9. The van der Waals surface area contributed by atoms with Crippen molar-refractivity contribution in [3.8, 4) is 0 Å². The van der Waals surface area contributed by atoms with E-state index in [2.05, 4.69) is 45.0 Å². The average Bonchev–Trinajstić information content (AvgIpc) is 2.53. The van der Waals surface area contributed by atoms with Crippen molar-refractivity contribution in [3.63, 3.8) is 0 Å². The maximum Gasteiger partial charge on any atom is 0.0468 e. The van der Waals surface area contributed by atoms with Crippen LogP contribution in [0.2, 0.25) is 0 Å². The highest BCUT2D eigenvalue weighted by molar-refractivity contribution is 5.36. The summed E-state index contributed by atoms with van der Waals surface area (Å²) in [5.41, 5.74) is 9.08. The van der Waals surface area contributed by atoms with E-state index in [4.69, 9.17) is 5.73 Å². The van der Waals surface area contributed by atoms with Gasteiger partial charge in [0.25, 0.3) is 0 Å². The molecule has 13 heavy (non-hydrogen) atoms. The van der Waals surface area contributed by atoms with Crippen LogP contribution in [-0.2, 0) is 5.54 Å². The molecule has 1 nitrogen and oxygen atoms in total. The Bertz CT molecular complexity index is 323. The maximum atomic E-state index is 6.30. The molecule has 0 spiro atoms. The van der Waals surface area contributed by atoms with E-state index >= 15 is 0 Å². The fourth-order valence-corrected chi connectivity index (χ4v) is 2.00. The zero-order valence-corrected chi connectivity index (χ0v) is 8.59. The van der Waals surface area contributed by atoms with Crippen LogP contribution in [0.1, 0.15) is 31.4 Å². The van der Waals surface area contributed by atoms with Gasteiger partial charge in [-0.25, -0.2) is 0 Å². The van der Waals surface area contributed by atoms with Crippen LogP contribution in [0.3, 0.4) is 0 Å². The third-order valence-corrected chi connectivity index (χ3v) is 3.37. The number of hydrogen-bond donors (Lipinski definition) is 1. The predicted molar refractivity (Wildman–Crippen MR) is 55.4 cm³/mol. The molecule has 0 saturated heterocycles. The Labute approximate surface area is 80.0 Å². The molecule has 1 unspecified atom stereocenters. The van der Waals surface area contributed by atoms with Crippen LogP contribution in [0.15, 0.2) is 24.3 Å². The number of benzene rings is 1. The van der Waals surface area contributed by atoms with Gasteiger partial charge >= 0.3 is 0 Å². The second-order valence-electron chi connectivity index (χ2n) is 4.90. The van der Waals surface area contributed by atoms with Gasteiger partial charge < -0.3 is 5.73 Å². The Morgan fingerprint density at radius 2 is 1.62 bits per heavy atom. The number of aryl methyl sites for hydroxylation is 1. The molecule has 1 aromatic rings. The summed E-state index contributed by atoms with van der Waals surface area (Å²) in [6, 6.07) is 8.59. The van der Waals surface area contributed by atoms with Crippen molar-refractivity contribution in [3.05, 3.63) is 35.4 Å². The minimum absolute atomic E-state index is 0.0687. The van der Waals surface area contributed by atoms with Crippen molar-refractivity contribution in [1.29, 1.82) is 0 Å². The molecule has 1 aliphatic carbocycles. The lowest BCUT2D eigenvalue weighted by Crippen LogP contribution is -2.25. The van der Waals surface area contributed by atoms with E-state index < -0.39 is 0 Å². The molecule has 2 N–H and O–H groups in total. The van der Waals surface area contributed by atoms with E-state index in [1.807, 2.05) is 0 Å². The highest BCUT2D eigenvalue weighted by Gasteiger charge is 2.59. The maximum absolute atomic E-state index is 6.30. The summed E-state index contributed by atoms with van der Waals surface area (Å²) in [7, 11) is 0. The summed E-state index contributed by atoms with van der Waals surface area (Å²) in [6.45, 7) is 6.56. The summed E-state index contributed by atoms with van der Waals surface area (Å²) >= 11 is 0. The van der Waals surface area contributed by atoms with Crippen molar-refractivity contribution >= 4 is 0 Å². The second kappa shape index (κ2) is 2.36. The smallest absolute Gasteiger partial charge is 0.0468 e.